The van der Waals surface area contributed by atoms with E-state index in [-0.39, 0.29) is 11.9 Å². The summed E-state index contributed by atoms with van der Waals surface area (Å²) in [6.45, 7) is 4.32. The van der Waals surface area contributed by atoms with Crippen molar-refractivity contribution in [2.24, 2.45) is 0 Å². The lowest BCUT2D eigenvalue weighted by Crippen LogP contribution is -2.44. The summed E-state index contributed by atoms with van der Waals surface area (Å²) in [6, 6.07) is 15.8. The van der Waals surface area contributed by atoms with E-state index in [1.54, 1.807) is 0 Å². The molecular weight excluding hydrogens is 338 g/mol. The monoisotopic (exact) mass is 367 g/mol. The fourth-order valence-electron chi connectivity index (χ4n) is 3.39. The molecule has 2 unspecified atom stereocenters. The summed E-state index contributed by atoms with van der Waals surface area (Å²) in [6.07, 6.45) is 4.86. The van der Waals surface area contributed by atoms with Gasteiger partial charge in [0.1, 0.15) is 18.1 Å². The molecule has 0 aliphatic heterocycles. The Morgan fingerprint density at radius 2 is 1.78 bits per heavy atom. The summed E-state index contributed by atoms with van der Waals surface area (Å²) in [5.41, 5.74) is 2.77. The fraction of sp³-hybridized carbons (Fsp3) is 0.435. The van der Waals surface area contributed by atoms with Crippen molar-refractivity contribution in [3.63, 3.8) is 0 Å². The van der Waals surface area contributed by atoms with Gasteiger partial charge in [-0.25, -0.2) is 0 Å². The molecule has 0 heterocycles. The van der Waals surface area contributed by atoms with E-state index in [0.29, 0.717) is 13.0 Å². The molecule has 144 valence electrons. The van der Waals surface area contributed by atoms with Crippen LogP contribution in [0.4, 0.5) is 0 Å². The molecule has 1 aliphatic carbocycles. The maximum absolute atomic E-state index is 12.6. The second-order valence-corrected chi connectivity index (χ2v) is 7.19. The quantitative estimate of drug-likeness (QED) is 0.756. The smallest absolute Gasteiger partial charge is 0.261 e. The number of aryl methyl sites for hydroxylation is 2. The van der Waals surface area contributed by atoms with Gasteiger partial charge < -0.3 is 14.8 Å². The standard InChI is InChI=1S/C23H29NO3/c1-3-22(27-21-14-13-18-9-7-8-10-19(18)15-21)23(25)24-17(2)16-26-20-11-5-4-6-12-20/h4-6,11-15,17,22H,3,7-10,16H2,1-2H3,(H,24,25). The summed E-state index contributed by atoms with van der Waals surface area (Å²) in [5.74, 6) is 1.49. The van der Waals surface area contributed by atoms with E-state index >= 15 is 0 Å². The number of para-hydroxylation sites is 1. The number of nitrogens with one attached hydrogen (secondary N) is 1. The predicted octanol–water partition coefficient (Wildman–Crippen LogP) is 4.31. The van der Waals surface area contributed by atoms with Crippen molar-refractivity contribution in [3.8, 4) is 11.5 Å². The molecule has 0 bridgehead atoms. The van der Waals surface area contributed by atoms with Gasteiger partial charge in [-0.1, -0.05) is 31.2 Å². The molecule has 2 aromatic rings. The van der Waals surface area contributed by atoms with Gasteiger partial charge in [0.15, 0.2) is 6.10 Å². The van der Waals surface area contributed by atoms with Crippen LogP contribution < -0.4 is 14.8 Å². The SMILES string of the molecule is CCC(Oc1ccc2c(c1)CCCC2)C(=O)NC(C)COc1ccccc1. The van der Waals surface area contributed by atoms with Crippen molar-refractivity contribution < 1.29 is 14.3 Å². The number of benzene rings is 2. The Hall–Kier alpha value is -2.49. The highest BCUT2D eigenvalue weighted by atomic mass is 16.5. The molecule has 0 saturated heterocycles. The van der Waals surface area contributed by atoms with Gasteiger partial charge in [0.25, 0.3) is 5.91 Å². The van der Waals surface area contributed by atoms with Crippen LogP contribution in [0.1, 0.15) is 44.2 Å². The zero-order chi connectivity index (χ0) is 19.1. The first-order valence-electron chi connectivity index (χ1n) is 9.92. The number of ether oxygens (including phenoxy) is 2. The Bertz CT molecular complexity index is 745. The first-order chi connectivity index (χ1) is 13.2. The number of hydrogen-bond donors (Lipinski definition) is 1. The summed E-state index contributed by atoms with van der Waals surface area (Å²) in [4.78, 5) is 12.6. The van der Waals surface area contributed by atoms with Crippen LogP contribution in [0, 0.1) is 0 Å². The van der Waals surface area contributed by atoms with Gasteiger partial charge in [0.05, 0.1) is 6.04 Å². The Labute approximate surface area is 161 Å². The second-order valence-electron chi connectivity index (χ2n) is 7.19. The first kappa shape index (κ1) is 19.3. The minimum absolute atomic E-state index is 0.0978. The van der Waals surface area contributed by atoms with Gasteiger partial charge in [-0.15, -0.1) is 0 Å². The van der Waals surface area contributed by atoms with Gasteiger partial charge >= 0.3 is 0 Å². The van der Waals surface area contributed by atoms with Crippen molar-refractivity contribution in [3.05, 3.63) is 59.7 Å². The van der Waals surface area contributed by atoms with Crippen LogP contribution in [0.2, 0.25) is 0 Å². The average molecular weight is 367 g/mol. The third-order valence-corrected chi connectivity index (χ3v) is 4.89. The third-order valence-electron chi connectivity index (χ3n) is 4.89. The highest BCUT2D eigenvalue weighted by Crippen LogP contribution is 2.26. The predicted molar refractivity (Wildman–Crippen MR) is 107 cm³/mol. The molecule has 0 saturated carbocycles. The summed E-state index contributed by atoms with van der Waals surface area (Å²) >= 11 is 0. The van der Waals surface area contributed by atoms with E-state index in [1.165, 1.54) is 24.0 Å². The largest absolute Gasteiger partial charge is 0.491 e. The van der Waals surface area contributed by atoms with Crippen molar-refractivity contribution in [1.82, 2.24) is 5.32 Å². The maximum atomic E-state index is 12.6. The number of rotatable bonds is 8. The van der Waals surface area contributed by atoms with Crippen LogP contribution in [-0.2, 0) is 17.6 Å². The summed E-state index contributed by atoms with van der Waals surface area (Å²) in [5, 5.41) is 2.99. The average Bonchev–Trinajstić information content (AvgIpc) is 2.71. The van der Waals surface area contributed by atoms with E-state index < -0.39 is 6.10 Å². The second kappa shape index (κ2) is 9.45. The maximum Gasteiger partial charge on any atom is 0.261 e. The highest BCUT2D eigenvalue weighted by Gasteiger charge is 2.21. The number of hydrogen-bond acceptors (Lipinski definition) is 3. The molecule has 4 heteroatoms. The topological polar surface area (TPSA) is 47.6 Å². The van der Waals surface area contributed by atoms with Crippen LogP contribution >= 0.6 is 0 Å². The van der Waals surface area contributed by atoms with Crippen molar-refractivity contribution >= 4 is 5.91 Å². The minimum Gasteiger partial charge on any atom is -0.491 e. The van der Waals surface area contributed by atoms with Crippen LogP contribution in [-0.4, -0.2) is 24.7 Å². The van der Waals surface area contributed by atoms with Gasteiger partial charge in [-0.2, -0.15) is 0 Å². The molecule has 1 amide bonds. The fourth-order valence-corrected chi connectivity index (χ4v) is 3.39. The number of carbonyl (C=O) groups is 1. The number of carbonyl (C=O) groups excluding carboxylic acids is 1. The molecule has 1 N–H and O–H groups in total. The summed E-state index contributed by atoms with van der Waals surface area (Å²) in [7, 11) is 0. The molecule has 27 heavy (non-hydrogen) atoms. The van der Waals surface area contributed by atoms with E-state index in [1.807, 2.05) is 50.2 Å². The molecule has 2 aromatic carbocycles. The van der Waals surface area contributed by atoms with Gasteiger partial charge in [-0.3, -0.25) is 4.79 Å². The Morgan fingerprint density at radius 3 is 2.52 bits per heavy atom. The van der Waals surface area contributed by atoms with Gasteiger partial charge in [0, 0.05) is 0 Å². The molecule has 0 spiro atoms. The molecule has 1 aliphatic rings. The lowest BCUT2D eigenvalue weighted by molar-refractivity contribution is -0.128. The lowest BCUT2D eigenvalue weighted by atomic mass is 9.92. The Kier molecular flexibility index (Phi) is 6.74. The van der Waals surface area contributed by atoms with Crippen molar-refractivity contribution in [2.75, 3.05) is 6.61 Å². The zero-order valence-corrected chi connectivity index (χ0v) is 16.2. The van der Waals surface area contributed by atoms with Crippen LogP contribution in [0.3, 0.4) is 0 Å². The molecular formula is C23H29NO3. The molecule has 0 radical (unpaired) electrons. The van der Waals surface area contributed by atoms with Crippen LogP contribution in [0.15, 0.2) is 48.5 Å². The minimum atomic E-state index is -0.495. The molecule has 0 fully saturated rings. The molecule has 2 atom stereocenters. The van der Waals surface area contributed by atoms with E-state index in [2.05, 4.69) is 17.4 Å². The molecule has 0 aromatic heterocycles. The van der Waals surface area contributed by atoms with E-state index in [0.717, 1.165) is 24.3 Å². The molecule has 4 nitrogen and oxygen atoms in total. The number of amides is 1. The third kappa shape index (κ3) is 5.49. The van der Waals surface area contributed by atoms with Crippen molar-refractivity contribution in [2.45, 2.75) is 58.1 Å². The van der Waals surface area contributed by atoms with Gasteiger partial charge in [-0.05, 0) is 74.4 Å². The van der Waals surface area contributed by atoms with Crippen LogP contribution in [0.5, 0.6) is 11.5 Å². The lowest BCUT2D eigenvalue weighted by Gasteiger charge is -2.22. The van der Waals surface area contributed by atoms with Crippen molar-refractivity contribution in [1.29, 1.82) is 0 Å². The normalized spacial score (nSPS) is 15.3. The van der Waals surface area contributed by atoms with E-state index in [4.69, 9.17) is 9.47 Å². The molecule has 3 rings (SSSR count). The highest BCUT2D eigenvalue weighted by molar-refractivity contribution is 5.81. The number of fused-ring (bicyclic) bond motifs is 1. The van der Waals surface area contributed by atoms with E-state index in [9.17, 15) is 4.79 Å². The Balaban J connectivity index is 1.52. The van der Waals surface area contributed by atoms with Crippen LogP contribution in [0.25, 0.3) is 0 Å². The zero-order valence-electron chi connectivity index (χ0n) is 16.2. The van der Waals surface area contributed by atoms with Gasteiger partial charge in [0.2, 0.25) is 0 Å². The first-order valence-corrected chi connectivity index (χ1v) is 9.92. The Morgan fingerprint density at radius 1 is 1.04 bits per heavy atom. The summed E-state index contributed by atoms with van der Waals surface area (Å²) < 4.78 is 11.7.